The lowest BCUT2D eigenvalue weighted by Crippen LogP contribution is -2.16. The summed E-state index contributed by atoms with van der Waals surface area (Å²) in [6.45, 7) is 0. The van der Waals surface area contributed by atoms with Crippen molar-refractivity contribution in [3.63, 3.8) is 0 Å². The molecule has 0 unspecified atom stereocenters. The number of nitrogens with zero attached hydrogens (tertiary/aromatic N) is 2. The van der Waals surface area contributed by atoms with Crippen molar-refractivity contribution in [3.05, 3.63) is 90.3 Å². The lowest BCUT2D eigenvalue weighted by atomic mass is 9.96. The normalized spacial score (nSPS) is 15.4. The van der Waals surface area contributed by atoms with Gasteiger partial charge >= 0.3 is 0 Å². The average Bonchev–Trinajstić information content (AvgIpc) is 3.55. The first kappa shape index (κ1) is 25.2. The first-order valence-corrected chi connectivity index (χ1v) is 15.4. The first-order valence-electron chi connectivity index (χ1n) is 12.1. The maximum absolute atomic E-state index is 14.0. The fourth-order valence-electron chi connectivity index (χ4n) is 4.86. The Balaban J connectivity index is 1.80. The highest BCUT2D eigenvalue weighted by Gasteiger charge is 2.27. The Morgan fingerprint density at radius 1 is 0.946 bits per heavy atom. The van der Waals surface area contributed by atoms with Gasteiger partial charge in [0.25, 0.3) is 10.0 Å². The van der Waals surface area contributed by atoms with Crippen LogP contribution in [0.1, 0.15) is 36.9 Å². The summed E-state index contributed by atoms with van der Waals surface area (Å²) in [7, 11) is -5.85. The molecule has 0 amide bonds. The van der Waals surface area contributed by atoms with Crippen molar-refractivity contribution in [2.24, 2.45) is 5.92 Å². The van der Waals surface area contributed by atoms with Gasteiger partial charge in [0.05, 0.1) is 28.8 Å². The quantitative estimate of drug-likeness (QED) is 0.318. The van der Waals surface area contributed by atoms with Gasteiger partial charge in [-0.1, -0.05) is 49.2 Å². The van der Waals surface area contributed by atoms with Crippen LogP contribution in [-0.2, 0) is 19.9 Å². The molecule has 0 spiro atoms. The van der Waals surface area contributed by atoms with Crippen LogP contribution in [-0.4, -0.2) is 39.2 Å². The van der Waals surface area contributed by atoms with E-state index in [0.717, 1.165) is 36.8 Å². The van der Waals surface area contributed by atoms with Gasteiger partial charge in [0.1, 0.15) is 5.75 Å². The molecule has 0 aliphatic heterocycles. The second-order valence-corrected chi connectivity index (χ2v) is 13.1. The summed E-state index contributed by atoms with van der Waals surface area (Å²) in [4.78, 5) is 4.83. The lowest BCUT2D eigenvalue weighted by molar-refractivity contribution is 0.413. The molecule has 4 aromatic rings. The van der Waals surface area contributed by atoms with Crippen LogP contribution in [0.15, 0.2) is 88.8 Å². The summed E-state index contributed by atoms with van der Waals surface area (Å²) in [5.74, 6) is 0.810. The Hall–Kier alpha value is -3.43. The van der Waals surface area contributed by atoms with E-state index in [1.54, 1.807) is 60.7 Å². The monoisotopic (exact) mass is 536 g/mol. The Morgan fingerprint density at radius 3 is 2.24 bits per heavy atom. The number of methoxy groups -OCH3 is 1. The van der Waals surface area contributed by atoms with Gasteiger partial charge in [-0.2, -0.15) is 0 Å². The second-order valence-electron chi connectivity index (χ2n) is 9.32. The van der Waals surface area contributed by atoms with Crippen LogP contribution in [0.2, 0.25) is 0 Å². The van der Waals surface area contributed by atoms with E-state index in [4.69, 9.17) is 4.74 Å². The third-order valence-electron chi connectivity index (χ3n) is 6.76. The molecule has 2 heterocycles. The van der Waals surface area contributed by atoms with Crippen LogP contribution in [0.4, 0.5) is 0 Å². The number of ether oxygens (including phenoxy) is 1. The van der Waals surface area contributed by atoms with Gasteiger partial charge in [0.15, 0.2) is 15.5 Å². The largest absolute Gasteiger partial charge is 0.495 e. The molecule has 2 aromatic carbocycles. The van der Waals surface area contributed by atoms with E-state index in [-0.39, 0.29) is 15.7 Å². The molecule has 0 saturated heterocycles. The maximum atomic E-state index is 14.0. The average molecular weight is 537 g/mol. The van der Waals surface area contributed by atoms with Crippen LogP contribution in [0.25, 0.3) is 16.6 Å². The molecule has 0 bridgehead atoms. The molecule has 192 valence electrons. The molecule has 5 rings (SSSR count). The van der Waals surface area contributed by atoms with Crippen molar-refractivity contribution >= 4 is 36.5 Å². The molecule has 2 aromatic heterocycles. The minimum Gasteiger partial charge on any atom is -0.495 e. The van der Waals surface area contributed by atoms with Crippen molar-refractivity contribution in [2.75, 3.05) is 13.4 Å². The molecule has 0 N–H and O–H groups in total. The summed E-state index contributed by atoms with van der Waals surface area (Å²) in [6.07, 6.45) is 9.07. The number of pyridine rings is 1. The van der Waals surface area contributed by atoms with Gasteiger partial charge in [-0.3, -0.25) is 0 Å². The number of hydrogen-bond donors (Lipinski definition) is 0. The van der Waals surface area contributed by atoms with Crippen molar-refractivity contribution in [1.82, 2.24) is 8.96 Å². The van der Waals surface area contributed by atoms with Crippen molar-refractivity contribution in [2.45, 2.75) is 35.5 Å². The highest BCUT2D eigenvalue weighted by atomic mass is 32.2. The van der Waals surface area contributed by atoms with Crippen LogP contribution in [0.5, 0.6) is 5.75 Å². The maximum Gasteiger partial charge on any atom is 0.269 e. The van der Waals surface area contributed by atoms with Crippen molar-refractivity contribution in [1.29, 1.82) is 0 Å². The van der Waals surface area contributed by atoms with Gasteiger partial charge in [-0.15, -0.1) is 0 Å². The molecule has 1 saturated carbocycles. The third kappa shape index (κ3) is 4.93. The minimum absolute atomic E-state index is 0.152. The molecule has 7 nitrogen and oxygen atoms in total. The zero-order chi connectivity index (χ0) is 26.2. The number of benzene rings is 2. The summed E-state index contributed by atoms with van der Waals surface area (Å²) in [5, 5.41) is 0.624. The van der Waals surface area contributed by atoms with Crippen LogP contribution in [0, 0.1) is 5.92 Å². The number of rotatable bonds is 7. The lowest BCUT2D eigenvalue weighted by Gasteiger charge is -2.16. The Bertz CT molecular complexity index is 1680. The fraction of sp³-hybridized carbons (Fsp3) is 0.250. The zero-order valence-electron chi connectivity index (χ0n) is 20.7. The number of allylic oxidation sites excluding steroid dienone is 1. The van der Waals surface area contributed by atoms with Crippen molar-refractivity contribution < 1.29 is 21.6 Å². The SMILES string of the molecule is COc1cnc2c(c1)cc(/C(=C/C1CCCC1)c1ccc(S(C)(=O)=O)cc1)n2S(=O)(=O)c1ccccc1. The molecule has 1 fully saturated rings. The smallest absolute Gasteiger partial charge is 0.269 e. The number of aromatic nitrogens is 2. The topological polar surface area (TPSA) is 95.3 Å². The first-order chi connectivity index (χ1) is 17.7. The number of sulfone groups is 1. The Morgan fingerprint density at radius 2 is 1.62 bits per heavy atom. The summed E-state index contributed by atoms with van der Waals surface area (Å²) in [6, 6.07) is 18.5. The molecular weight excluding hydrogens is 508 g/mol. The highest BCUT2D eigenvalue weighted by molar-refractivity contribution is 7.90. The van der Waals surface area contributed by atoms with Gasteiger partial charge in [-0.05, 0) is 60.7 Å². The van der Waals surface area contributed by atoms with Gasteiger partial charge in [-0.25, -0.2) is 25.8 Å². The number of fused-ring (bicyclic) bond motifs is 1. The van der Waals surface area contributed by atoms with E-state index in [2.05, 4.69) is 11.1 Å². The third-order valence-corrected chi connectivity index (χ3v) is 9.61. The standard InChI is InChI=1S/C28H28N2O5S2/c1-35-23-17-22-18-27(30(28(22)29-19-23)37(33,34)25-10-4-3-5-11-25)26(16-20-8-6-7-9-20)21-12-14-24(15-13-21)36(2,31)32/h3-5,10-20H,6-9H2,1-2H3/b26-16+. The predicted octanol–water partition coefficient (Wildman–Crippen LogP) is 5.31. The van der Waals surface area contributed by atoms with Crippen molar-refractivity contribution in [3.8, 4) is 5.75 Å². The van der Waals surface area contributed by atoms with E-state index in [0.29, 0.717) is 22.5 Å². The summed E-state index contributed by atoms with van der Waals surface area (Å²) < 4.78 is 58.8. The highest BCUT2D eigenvalue weighted by Crippen LogP contribution is 2.37. The molecule has 1 aliphatic rings. The molecular formula is C28H28N2O5S2. The summed E-state index contributed by atoms with van der Waals surface area (Å²) in [5.41, 5.74) is 2.23. The van der Waals surface area contributed by atoms with E-state index >= 15 is 0 Å². The predicted molar refractivity (Wildman–Crippen MR) is 144 cm³/mol. The van der Waals surface area contributed by atoms with Crippen LogP contribution >= 0.6 is 0 Å². The van der Waals surface area contributed by atoms with E-state index < -0.39 is 19.9 Å². The fourth-order valence-corrected chi connectivity index (χ4v) is 6.99. The summed E-state index contributed by atoms with van der Waals surface area (Å²) >= 11 is 0. The van der Waals surface area contributed by atoms with E-state index in [1.165, 1.54) is 23.5 Å². The van der Waals surface area contributed by atoms with Crippen LogP contribution in [0.3, 0.4) is 0 Å². The van der Waals surface area contributed by atoms with Gasteiger partial charge < -0.3 is 4.74 Å². The minimum atomic E-state index is -4.01. The molecule has 9 heteroatoms. The van der Waals surface area contributed by atoms with Gasteiger partial charge in [0, 0.05) is 17.2 Å². The zero-order valence-corrected chi connectivity index (χ0v) is 22.3. The van der Waals surface area contributed by atoms with E-state index in [1.807, 2.05) is 6.07 Å². The van der Waals surface area contributed by atoms with Gasteiger partial charge in [0.2, 0.25) is 0 Å². The number of hydrogen-bond acceptors (Lipinski definition) is 6. The molecule has 0 radical (unpaired) electrons. The Kier molecular flexibility index (Phi) is 6.68. The second kappa shape index (κ2) is 9.79. The van der Waals surface area contributed by atoms with E-state index in [9.17, 15) is 16.8 Å². The molecule has 37 heavy (non-hydrogen) atoms. The van der Waals surface area contributed by atoms with Crippen LogP contribution < -0.4 is 4.74 Å². The molecule has 0 atom stereocenters. The molecule has 1 aliphatic carbocycles. The Labute approximate surface area is 217 Å².